The molecule has 36 heavy (non-hydrogen) atoms. The van der Waals surface area contributed by atoms with Crippen LogP contribution in [0.5, 0.6) is 0 Å². The Bertz CT molecular complexity index is 937. The molecule has 2 heterocycles. The summed E-state index contributed by atoms with van der Waals surface area (Å²) in [6, 6.07) is 0.0369. The van der Waals surface area contributed by atoms with Crippen molar-refractivity contribution in [1.82, 2.24) is 20.9 Å². The first-order valence-electron chi connectivity index (χ1n) is 12.9. The molecule has 8 nitrogen and oxygen atoms in total. The van der Waals surface area contributed by atoms with Gasteiger partial charge in [0.2, 0.25) is 11.8 Å². The van der Waals surface area contributed by atoms with E-state index in [1.807, 2.05) is 5.32 Å². The second-order valence-electron chi connectivity index (χ2n) is 12.2. The van der Waals surface area contributed by atoms with E-state index in [-0.39, 0.29) is 35.2 Å². The summed E-state index contributed by atoms with van der Waals surface area (Å²) in [6.07, 6.45) is 0.837. The number of carbonyl (C=O) groups is 3. The lowest BCUT2D eigenvalue weighted by Crippen LogP contribution is -2.59. The van der Waals surface area contributed by atoms with Crippen LogP contribution >= 0.6 is 0 Å². The van der Waals surface area contributed by atoms with Gasteiger partial charge in [-0.2, -0.15) is 18.4 Å². The average Bonchev–Trinajstić information content (AvgIpc) is 3.09. The van der Waals surface area contributed by atoms with Crippen LogP contribution in [0.2, 0.25) is 0 Å². The number of likely N-dealkylation sites (tertiary alicyclic amines) is 1. The van der Waals surface area contributed by atoms with Crippen LogP contribution in [0.3, 0.4) is 0 Å². The Kier molecular flexibility index (Phi) is 7.05. The molecule has 0 radical (unpaired) electrons. The highest BCUT2D eigenvalue weighted by molar-refractivity contribution is 5.90. The van der Waals surface area contributed by atoms with E-state index >= 15 is 0 Å². The van der Waals surface area contributed by atoms with Gasteiger partial charge in [-0.15, -0.1) is 0 Å². The third kappa shape index (κ3) is 5.48. The van der Waals surface area contributed by atoms with E-state index in [4.69, 9.17) is 0 Å². The first kappa shape index (κ1) is 26.7. The summed E-state index contributed by atoms with van der Waals surface area (Å²) in [5.74, 6) is -2.47. The maximum Gasteiger partial charge on any atom is 0.471 e. The van der Waals surface area contributed by atoms with Gasteiger partial charge in [0.1, 0.15) is 6.04 Å². The smallest absolute Gasteiger partial charge is 0.350 e. The molecule has 0 unspecified atom stereocenters. The van der Waals surface area contributed by atoms with Crippen LogP contribution in [0.1, 0.15) is 65.7 Å². The number of nitrogens with one attached hydrogen (secondary N) is 3. The summed E-state index contributed by atoms with van der Waals surface area (Å²) >= 11 is 0. The maximum atomic E-state index is 13.6. The lowest BCUT2D eigenvalue weighted by atomic mass is 9.85. The van der Waals surface area contributed by atoms with Crippen molar-refractivity contribution in [3.8, 4) is 6.07 Å². The van der Waals surface area contributed by atoms with E-state index in [9.17, 15) is 32.8 Å². The molecule has 4 fully saturated rings. The van der Waals surface area contributed by atoms with E-state index in [1.165, 1.54) is 0 Å². The third-order valence-electron chi connectivity index (χ3n) is 8.47. The summed E-state index contributed by atoms with van der Waals surface area (Å²) in [6.45, 7) is 5.62. The molecule has 3 amide bonds. The quantitative estimate of drug-likeness (QED) is 0.485. The summed E-state index contributed by atoms with van der Waals surface area (Å²) in [5, 5.41) is 18.0. The second-order valence-corrected chi connectivity index (χ2v) is 12.2. The number of alkyl halides is 3. The van der Waals surface area contributed by atoms with Gasteiger partial charge < -0.3 is 15.5 Å². The van der Waals surface area contributed by atoms with Gasteiger partial charge in [-0.3, -0.25) is 19.7 Å². The minimum Gasteiger partial charge on any atom is -0.350 e. The molecule has 4 rings (SSSR count). The number of nitrogens with zero attached hydrogens (tertiary/aromatic N) is 2. The van der Waals surface area contributed by atoms with Crippen molar-refractivity contribution in [3.63, 3.8) is 0 Å². The fourth-order valence-electron chi connectivity index (χ4n) is 6.34. The van der Waals surface area contributed by atoms with Crippen LogP contribution in [0.4, 0.5) is 13.2 Å². The molecule has 3 N–H and O–H groups in total. The first-order chi connectivity index (χ1) is 16.7. The molecule has 2 saturated heterocycles. The Morgan fingerprint density at radius 2 is 1.94 bits per heavy atom. The average molecular weight is 512 g/mol. The molecule has 6 atom stereocenters. The molecular formula is C25H36F3N5O3. The van der Waals surface area contributed by atoms with E-state index < -0.39 is 35.5 Å². The van der Waals surface area contributed by atoms with Crippen LogP contribution in [0.15, 0.2) is 0 Å². The Morgan fingerprint density at radius 1 is 1.25 bits per heavy atom. The van der Waals surface area contributed by atoms with Gasteiger partial charge in [0.05, 0.1) is 12.1 Å². The predicted molar refractivity (Wildman–Crippen MR) is 124 cm³/mol. The summed E-state index contributed by atoms with van der Waals surface area (Å²) < 4.78 is 39.0. The van der Waals surface area contributed by atoms with E-state index in [2.05, 4.69) is 16.7 Å². The zero-order chi connectivity index (χ0) is 26.5. The van der Waals surface area contributed by atoms with Crippen molar-refractivity contribution >= 4 is 17.7 Å². The highest BCUT2D eigenvalue weighted by atomic mass is 19.4. The zero-order valence-corrected chi connectivity index (χ0v) is 21.1. The third-order valence-corrected chi connectivity index (χ3v) is 8.47. The van der Waals surface area contributed by atoms with E-state index in [1.54, 1.807) is 25.7 Å². The maximum absolute atomic E-state index is 13.6. The Hall–Kier alpha value is -2.35. The van der Waals surface area contributed by atoms with Gasteiger partial charge in [-0.05, 0) is 55.8 Å². The number of fused-ring (bicyclic) bond motifs is 1. The number of halogens is 3. The number of hydrogen-bond donors (Lipinski definition) is 3. The van der Waals surface area contributed by atoms with Crippen molar-refractivity contribution in [2.45, 2.75) is 95.6 Å². The standard InChI is InChI=1S/C25H36F3N5O3/c1-23(2,3)19(31-22(36)25(26,27)28)21(35)33-13-14-5-4-6-17(14)18(33)12-30-16(11-29)9-15-10-24(7-8-24)32-20(15)34/h14-19,30H,4-10,12-13H2,1-3H3,(H,31,36)(H,32,34)/t14-,15+,16-,17-,18+,19+/m0/s1. The minimum absolute atomic E-state index is 0.0171. The lowest BCUT2D eigenvalue weighted by molar-refractivity contribution is -0.176. The molecule has 4 aliphatic rings. The van der Waals surface area contributed by atoms with E-state index in [0.717, 1.165) is 38.5 Å². The van der Waals surface area contributed by atoms with Crippen molar-refractivity contribution in [1.29, 1.82) is 5.26 Å². The van der Waals surface area contributed by atoms with Crippen LogP contribution in [0.25, 0.3) is 0 Å². The molecule has 2 saturated carbocycles. The SMILES string of the molecule is CC(C)(C)[C@H](NC(=O)C(F)(F)F)C(=O)N1C[C@@H]2CCC[C@@H]2[C@H]1CN[C@H](C#N)C[C@@H]1CC2(CC2)NC1=O. The molecule has 0 aromatic carbocycles. The molecule has 200 valence electrons. The largest absolute Gasteiger partial charge is 0.471 e. The Morgan fingerprint density at radius 3 is 2.50 bits per heavy atom. The normalized spacial score (nSPS) is 30.5. The van der Waals surface area contributed by atoms with Gasteiger partial charge in [-0.25, -0.2) is 0 Å². The minimum atomic E-state index is -5.09. The van der Waals surface area contributed by atoms with Crippen LogP contribution < -0.4 is 16.0 Å². The Balaban J connectivity index is 1.45. The molecule has 1 spiro atoms. The highest BCUT2D eigenvalue weighted by Crippen LogP contribution is 2.46. The molecule has 11 heteroatoms. The summed E-state index contributed by atoms with van der Waals surface area (Å²) in [5.41, 5.74) is -1.01. The van der Waals surface area contributed by atoms with Gasteiger partial charge >= 0.3 is 12.1 Å². The van der Waals surface area contributed by atoms with Crippen molar-refractivity contribution in [2.75, 3.05) is 13.1 Å². The van der Waals surface area contributed by atoms with Crippen molar-refractivity contribution in [2.24, 2.45) is 23.2 Å². The highest BCUT2D eigenvalue weighted by Gasteiger charge is 2.53. The van der Waals surface area contributed by atoms with Gasteiger partial charge in [0, 0.05) is 30.6 Å². The first-order valence-corrected chi connectivity index (χ1v) is 12.9. The molecule has 0 bridgehead atoms. The number of nitriles is 1. The molecular weight excluding hydrogens is 475 g/mol. The zero-order valence-electron chi connectivity index (χ0n) is 21.1. The van der Waals surface area contributed by atoms with Crippen molar-refractivity contribution < 1.29 is 27.6 Å². The second kappa shape index (κ2) is 9.51. The number of hydrogen-bond acceptors (Lipinski definition) is 5. The number of amides is 3. The Labute approximate surface area is 209 Å². The van der Waals surface area contributed by atoms with E-state index in [0.29, 0.717) is 19.5 Å². The topological polar surface area (TPSA) is 114 Å². The van der Waals surface area contributed by atoms with Gasteiger partial charge in [0.25, 0.3) is 0 Å². The monoisotopic (exact) mass is 511 g/mol. The summed E-state index contributed by atoms with van der Waals surface area (Å²) in [4.78, 5) is 39.3. The van der Waals surface area contributed by atoms with Gasteiger partial charge in [-0.1, -0.05) is 27.2 Å². The fraction of sp³-hybridized carbons (Fsp3) is 0.840. The fourth-order valence-corrected chi connectivity index (χ4v) is 6.34. The molecule has 2 aliphatic heterocycles. The van der Waals surface area contributed by atoms with Crippen LogP contribution in [-0.2, 0) is 14.4 Å². The van der Waals surface area contributed by atoms with Gasteiger partial charge in [0.15, 0.2) is 0 Å². The molecule has 0 aromatic heterocycles. The van der Waals surface area contributed by atoms with Crippen molar-refractivity contribution in [3.05, 3.63) is 0 Å². The lowest BCUT2D eigenvalue weighted by Gasteiger charge is -2.37. The van der Waals surface area contributed by atoms with Crippen LogP contribution in [-0.4, -0.2) is 65.6 Å². The molecule has 2 aliphatic carbocycles. The predicted octanol–water partition coefficient (Wildman–Crippen LogP) is 2.25. The molecule has 0 aromatic rings. The summed E-state index contributed by atoms with van der Waals surface area (Å²) in [7, 11) is 0. The number of carbonyl (C=O) groups excluding carboxylic acids is 3. The van der Waals surface area contributed by atoms with Crippen LogP contribution in [0, 0.1) is 34.5 Å². The number of rotatable bonds is 7.